The Kier molecular flexibility index (Phi) is 5.07. The molecule has 4 nitrogen and oxygen atoms in total. The van der Waals surface area contributed by atoms with Crippen LogP contribution in [-0.2, 0) is 0 Å². The third kappa shape index (κ3) is 3.85. The van der Waals surface area contributed by atoms with Gasteiger partial charge in [-0.1, -0.05) is 91.0 Å². The molecule has 0 amide bonds. The fraction of sp³-hybridized carbons (Fsp3) is 0. The van der Waals surface area contributed by atoms with Gasteiger partial charge in [0, 0.05) is 17.8 Å². The van der Waals surface area contributed by atoms with Crippen molar-refractivity contribution in [3.63, 3.8) is 0 Å². The van der Waals surface area contributed by atoms with Gasteiger partial charge in [0.15, 0.2) is 0 Å². The summed E-state index contributed by atoms with van der Waals surface area (Å²) in [5.41, 5.74) is 9.59. The minimum absolute atomic E-state index is 0.871. The maximum Gasteiger partial charge on any atom is 0.121 e. The van der Waals surface area contributed by atoms with Gasteiger partial charge in [-0.15, -0.1) is 10.2 Å². The molecule has 0 radical (unpaired) electrons. The lowest BCUT2D eigenvalue weighted by Gasteiger charge is -2.09. The van der Waals surface area contributed by atoms with Crippen LogP contribution in [0.4, 0.5) is 0 Å². The second-order valence-electron chi connectivity index (χ2n) is 9.06. The first-order chi connectivity index (χ1) is 18.3. The maximum absolute atomic E-state index is 4.91. The first kappa shape index (κ1) is 21.2. The molecule has 7 aromatic rings. The fourth-order valence-electron chi connectivity index (χ4n) is 4.92. The van der Waals surface area contributed by atoms with E-state index >= 15 is 0 Å². The van der Waals surface area contributed by atoms with Gasteiger partial charge < -0.3 is 0 Å². The molecule has 0 atom stereocenters. The molecule has 4 heteroatoms. The summed E-state index contributed by atoms with van der Waals surface area (Å²) in [5.74, 6) is 0. The lowest BCUT2D eigenvalue weighted by molar-refractivity contribution is 0.766. The molecule has 0 aliphatic heterocycles. The van der Waals surface area contributed by atoms with E-state index < -0.39 is 0 Å². The molecule has 2 aromatic heterocycles. The van der Waals surface area contributed by atoms with Gasteiger partial charge in [0.1, 0.15) is 11.0 Å². The molecular weight excluding hydrogens is 452 g/mol. The first-order valence-corrected chi connectivity index (χ1v) is 12.3. The van der Waals surface area contributed by atoms with Crippen LogP contribution in [0.2, 0.25) is 0 Å². The van der Waals surface area contributed by atoms with Gasteiger partial charge >= 0.3 is 0 Å². The van der Waals surface area contributed by atoms with Gasteiger partial charge in [-0.3, -0.25) is 4.98 Å². The third-order valence-corrected chi connectivity index (χ3v) is 6.77. The standard InChI is InChI=1S/C33H22N4/c1-2-8-23(9-3-1)25-10-6-11-26(20-25)31-21-32-33(30-14-5-4-13-29(30)31)36-37(35-32)28-17-15-24(16-18-28)27-12-7-19-34-22-27/h1-22H. The van der Waals surface area contributed by atoms with Crippen molar-refractivity contribution in [1.82, 2.24) is 20.0 Å². The van der Waals surface area contributed by atoms with E-state index in [1.807, 2.05) is 30.5 Å². The SMILES string of the molecule is c1ccc(-c2cccc(-c3cc4nn(-c5ccc(-c6cccnc6)cc5)nc4c4ccccc34)c2)cc1. The summed E-state index contributed by atoms with van der Waals surface area (Å²) in [6, 6.07) is 42.1. The number of fused-ring (bicyclic) bond motifs is 3. The van der Waals surface area contributed by atoms with Gasteiger partial charge in [0.2, 0.25) is 0 Å². The predicted octanol–water partition coefficient (Wildman–Crippen LogP) is 7.97. The van der Waals surface area contributed by atoms with E-state index in [0.717, 1.165) is 44.4 Å². The van der Waals surface area contributed by atoms with E-state index in [1.54, 1.807) is 11.0 Å². The molecule has 0 saturated carbocycles. The van der Waals surface area contributed by atoms with Crippen LogP contribution in [0.1, 0.15) is 0 Å². The molecule has 174 valence electrons. The van der Waals surface area contributed by atoms with Crippen molar-refractivity contribution in [3.05, 3.63) is 134 Å². The number of aromatic nitrogens is 4. The number of hydrogen-bond acceptors (Lipinski definition) is 3. The van der Waals surface area contributed by atoms with Crippen molar-refractivity contribution in [2.24, 2.45) is 0 Å². The number of rotatable bonds is 4. The minimum atomic E-state index is 0.871. The highest BCUT2D eigenvalue weighted by molar-refractivity contribution is 6.11. The topological polar surface area (TPSA) is 43.6 Å². The molecule has 5 aromatic carbocycles. The number of nitrogens with zero attached hydrogens (tertiary/aromatic N) is 4. The van der Waals surface area contributed by atoms with Crippen LogP contribution in [0, 0.1) is 0 Å². The van der Waals surface area contributed by atoms with Crippen molar-refractivity contribution < 1.29 is 0 Å². The van der Waals surface area contributed by atoms with Crippen LogP contribution >= 0.6 is 0 Å². The Bertz CT molecular complexity index is 1850. The van der Waals surface area contributed by atoms with Gasteiger partial charge in [-0.25, -0.2) is 0 Å². The average Bonchev–Trinajstić information content (AvgIpc) is 3.43. The van der Waals surface area contributed by atoms with Crippen LogP contribution in [0.3, 0.4) is 0 Å². The van der Waals surface area contributed by atoms with Crippen LogP contribution in [0.5, 0.6) is 0 Å². The van der Waals surface area contributed by atoms with Crippen LogP contribution < -0.4 is 0 Å². The quantitative estimate of drug-likeness (QED) is 0.260. The van der Waals surface area contributed by atoms with E-state index in [-0.39, 0.29) is 0 Å². The monoisotopic (exact) mass is 474 g/mol. The summed E-state index contributed by atoms with van der Waals surface area (Å²) < 4.78 is 0. The van der Waals surface area contributed by atoms with Crippen LogP contribution in [-0.4, -0.2) is 20.0 Å². The minimum Gasteiger partial charge on any atom is -0.264 e. The third-order valence-electron chi connectivity index (χ3n) is 6.77. The fourth-order valence-corrected chi connectivity index (χ4v) is 4.92. The van der Waals surface area contributed by atoms with Gasteiger partial charge in [-0.05, 0) is 69.1 Å². The Hall–Kier alpha value is -5.09. The number of pyridine rings is 1. The highest BCUT2D eigenvalue weighted by atomic mass is 15.5. The van der Waals surface area contributed by atoms with Gasteiger partial charge in [-0.2, -0.15) is 4.80 Å². The summed E-state index contributed by atoms with van der Waals surface area (Å²) in [4.78, 5) is 5.96. The molecule has 2 heterocycles. The molecule has 7 rings (SSSR count). The maximum atomic E-state index is 4.91. The molecule has 0 spiro atoms. The van der Waals surface area contributed by atoms with Crippen molar-refractivity contribution >= 4 is 21.8 Å². The molecule has 0 N–H and O–H groups in total. The molecule has 0 aliphatic rings. The predicted molar refractivity (Wildman–Crippen MR) is 150 cm³/mol. The summed E-state index contributed by atoms with van der Waals surface area (Å²) in [5, 5.41) is 12.1. The van der Waals surface area contributed by atoms with E-state index in [9.17, 15) is 0 Å². The van der Waals surface area contributed by atoms with E-state index in [1.165, 1.54) is 16.5 Å². The molecule has 0 saturated heterocycles. The summed E-state index contributed by atoms with van der Waals surface area (Å²) in [6.07, 6.45) is 3.66. The number of benzene rings is 5. The summed E-state index contributed by atoms with van der Waals surface area (Å²) >= 11 is 0. The van der Waals surface area contributed by atoms with Crippen molar-refractivity contribution in [2.75, 3.05) is 0 Å². The van der Waals surface area contributed by atoms with Crippen LogP contribution in [0.15, 0.2) is 134 Å². The van der Waals surface area contributed by atoms with Gasteiger partial charge in [0.25, 0.3) is 0 Å². The molecule has 0 bridgehead atoms. The largest absolute Gasteiger partial charge is 0.264 e. The second-order valence-corrected chi connectivity index (χ2v) is 9.06. The Morgan fingerprint density at radius 1 is 0.486 bits per heavy atom. The first-order valence-electron chi connectivity index (χ1n) is 12.3. The average molecular weight is 475 g/mol. The van der Waals surface area contributed by atoms with Crippen molar-refractivity contribution in [2.45, 2.75) is 0 Å². The zero-order chi connectivity index (χ0) is 24.6. The summed E-state index contributed by atoms with van der Waals surface area (Å²) in [6.45, 7) is 0. The second kappa shape index (κ2) is 8.85. The lowest BCUT2D eigenvalue weighted by atomic mass is 9.94. The molecule has 0 fully saturated rings. The smallest absolute Gasteiger partial charge is 0.121 e. The molecule has 37 heavy (non-hydrogen) atoms. The zero-order valence-electron chi connectivity index (χ0n) is 20.0. The van der Waals surface area contributed by atoms with Crippen LogP contribution in [0.25, 0.3) is 60.9 Å². The molecular formula is C33H22N4. The molecule has 0 aliphatic carbocycles. The number of hydrogen-bond donors (Lipinski definition) is 0. The Morgan fingerprint density at radius 3 is 2.00 bits per heavy atom. The lowest BCUT2D eigenvalue weighted by Crippen LogP contribution is -1.98. The van der Waals surface area contributed by atoms with Crippen molar-refractivity contribution in [3.8, 4) is 39.1 Å². The molecule has 0 unspecified atom stereocenters. The summed E-state index contributed by atoms with van der Waals surface area (Å²) in [7, 11) is 0. The van der Waals surface area contributed by atoms with E-state index in [4.69, 9.17) is 10.2 Å². The Labute approximate surface area is 214 Å². The highest BCUT2D eigenvalue weighted by Crippen LogP contribution is 2.35. The normalized spacial score (nSPS) is 11.2. The van der Waals surface area contributed by atoms with Crippen molar-refractivity contribution in [1.29, 1.82) is 0 Å². The van der Waals surface area contributed by atoms with E-state index in [0.29, 0.717) is 0 Å². The van der Waals surface area contributed by atoms with E-state index in [2.05, 4.69) is 102 Å². The Morgan fingerprint density at radius 2 is 1.19 bits per heavy atom. The highest BCUT2D eigenvalue weighted by Gasteiger charge is 2.14. The van der Waals surface area contributed by atoms with Gasteiger partial charge in [0.05, 0.1) is 5.69 Å². The Balaban J connectivity index is 1.35. The zero-order valence-corrected chi connectivity index (χ0v) is 20.0.